The van der Waals surface area contributed by atoms with Gasteiger partial charge in [-0.2, -0.15) is 4.98 Å². The zero-order chi connectivity index (χ0) is 12.7. The number of benzene rings is 1. The molecular formula is C15H16N2O. The van der Waals surface area contributed by atoms with Gasteiger partial charge in [0.05, 0.1) is 0 Å². The first-order valence-corrected chi connectivity index (χ1v) is 6.19. The van der Waals surface area contributed by atoms with Gasteiger partial charge in [-0.25, -0.2) is 0 Å². The van der Waals surface area contributed by atoms with E-state index in [1.54, 1.807) is 0 Å². The van der Waals surface area contributed by atoms with Gasteiger partial charge < -0.3 is 4.42 Å². The van der Waals surface area contributed by atoms with Gasteiger partial charge in [0, 0.05) is 12.4 Å². The van der Waals surface area contributed by atoms with Crippen LogP contribution in [0, 0.1) is 6.92 Å². The molecule has 0 radical (unpaired) electrons. The predicted molar refractivity (Wildman–Crippen MR) is 72.2 cm³/mol. The Morgan fingerprint density at radius 3 is 2.78 bits per heavy atom. The second kappa shape index (κ2) is 4.02. The average Bonchev–Trinajstić information content (AvgIpc) is 2.93. The summed E-state index contributed by atoms with van der Waals surface area (Å²) in [5, 5.41) is 0. The molecule has 0 aliphatic heterocycles. The van der Waals surface area contributed by atoms with E-state index in [1.165, 1.54) is 11.1 Å². The van der Waals surface area contributed by atoms with Gasteiger partial charge >= 0.3 is 6.01 Å². The molecule has 18 heavy (non-hydrogen) atoms. The maximum Gasteiger partial charge on any atom is 0.306 e. The van der Waals surface area contributed by atoms with Crippen LogP contribution in [0.2, 0.25) is 0 Å². The maximum atomic E-state index is 5.78. The van der Waals surface area contributed by atoms with Crippen molar-refractivity contribution in [2.24, 2.45) is 0 Å². The van der Waals surface area contributed by atoms with Crippen molar-refractivity contribution in [3.8, 4) is 6.01 Å². The molecule has 1 aromatic carbocycles. The number of fused-ring (bicyclic) bond motifs is 1. The number of aryl methyl sites for hydroxylation is 1. The zero-order valence-corrected chi connectivity index (χ0v) is 10.8. The molecule has 3 rings (SSSR count). The summed E-state index contributed by atoms with van der Waals surface area (Å²) in [6, 6.07) is 8.78. The highest BCUT2D eigenvalue weighted by molar-refractivity contribution is 5.74. The number of aromatic nitrogens is 2. The quantitative estimate of drug-likeness (QED) is 0.676. The lowest BCUT2D eigenvalue weighted by Gasteiger charge is -1.98. The van der Waals surface area contributed by atoms with E-state index in [2.05, 4.69) is 31.1 Å². The molecule has 3 heteroatoms. The molecule has 0 saturated heterocycles. The van der Waals surface area contributed by atoms with E-state index in [0.717, 1.165) is 11.1 Å². The molecule has 0 bridgehead atoms. The topological polar surface area (TPSA) is 31.0 Å². The average molecular weight is 240 g/mol. The second-order valence-corrected chi connectivity index (χ2v) is 4.97. The molecule has 92 valence electrons. The van der Waals surface area contributed by atoms with E-state index in [0.29, 0.717) is 11.9 Å². The molecule has 3 nitrogen and oxygen atoms in total. The standard InChI is InChI=1S/C15H16N2O/c1-10(2)12-6-7-17(9-12)15-16-13-5-4-11(3)8-14(13)18-15/h4-10H,1-3H3. The number of nitrogens with zero attached hydrogens (tertiary/aromatic N) is 2. The lowest BCUT2D eigenvalue weighted by atomic mass is 10.1. The van der Waals surface area contributed by atoms with Crippen LogP contribution in [-0.4, -0.2) is 9.55 Å². The third-order valence-electron chi connectivity index (χ3n) is 3.14. The van der Waals surface area contributed by atoms with Crippen molar-refractivity contribution >= 4 is 11.1 Å². The first-order valence-electron chi connectivity index (χ1n) is 6.19. The molecule has 0 spiro atoms. The van der Waals surface area contributed by atoms with Gasteiger partial charge in [0.2, 0.25) is 0 Å². The minimum absolute atomic E-state index is 0.512. The third-order valence-corrected chi connectivity index (χ3v) is 3.14. The predicted octanol–water partition coefficient (Wildman–Crippen LogP) is 4.05. The lowest BCUT2D eigenvalue weighted by molar-refractivity contribution is 0.564. The summed E-state index contributed by atoms with van der Waals surface area (Å²) in [6.07, 6.45) is 4.06. The summed E-state index contributed by atoms with van der Waals surface area (Å²) in [7, 11) is 0. The fourth-order valence-corrected chi connectivity index (χ4v) is 2.00. The number of rotatable bonds is 2. The third kappa shape index (κ3) is 1.82. The molecule has 0 fully saturated rings. The van der Waals surface area contributed by atoms with E-state index in [9.17, 15) is 0 Å². The van der Waals surface area contributed by atoms with Gasteiger partial charge in [-0.15, -0.1) is 0 Å². The Labute approximate surface area is 106 Å². The van der Waals surface area contributed by atoms with Crippen LogP contribution in [0.15, 0.2) is 41.1 Å². The Kier molecular flexibility index (Phi) is 2.47. The number of oxazole rings is 1. The number of hydrogen-bond donors (Lipinski definition) is 0. The van der Waals surface area contributed by atoms with Crippen LogP contribution < -0.4 is 0 Å². The van der Waals surface area contributed by atoms with Crippen molar-refractivity contribution in [3.63, 3.8) is 0 Å². The molecule has 0 unspecified atom stereocenters. The SMILES string of the molecule is Cc1ccc2nc(-n3ccc(C(C)C)c3)oc2c1. The van der Waals surface area contributed by atoms with Crippen LogP contribution in [0.25, 0.3) is 17.1 Å². The molecule has 0 amide bonds. The number of hydrogen-bond acceptors (Lipinski definition) is 2. The first-order chi connectivity index (χ1) is 8.63. The first kappa shape index (κ1) is 11.1. The van der Waals surface area contributed by atoms with Crippen molar-refractivity contribution in [3.05, 3.63) is 47.8 Å². The summed E-state index contributed by atoms with van der Waals surface area (Å²) in [4.78, 5) is 4.49. The van der Waals surface area contributed by atoms with E-state index in [-0.39, 0.29) is 0 Å². The molecule has 2 aromatic heterocycles. The summed E-state index contributed by atoms with van der Waals surface area (Å²) >= 11 is 0. The fraction of sp³-hybridized carbons (Fsp3) is 0.267. The Morgan fingerprint density at radius 2 is 2.06 bits per heavy atom. The Balaban J connectivity index is 2.07. The Morgan fingerprint density at radius 1 is 1.22 bits per heavy atom. The minimum Gasteiger partial charge on any atom is -0.423 e. The van der Waals surface area contributed by atoms with Crippen LogP contribution in [0.5, 0.6) is 0 Å². The van der Waals surface area contributed by atoms with Gasteiger partial charge in [-0.05, 0) is 42.2 Å². The van der Waals surface area contributed by atoms with E-state index in [4.69, 9.17) is 4.42 Å². The fourth-order valence-electron chi connectivity index (χ4n) is 2.00. The summed E-state index contributed by atoms with van der Waals surface area (Å²) < 4.78 is 7.72. The van der Waals surface area contributed by atoms with Gasteiger partial charge in [-0.1, -0.05) is 19.9 Å². The molecule has 0 aliphatic carbocycles. The lowest BCUT2D eigenvalue weighted by Crippen LogP contribution is -1.89. The van der Waals surface area contributed by atoms with Crippen molar-refractivity contribution < 1.29 is 4.42 Å². The molecule has 0 N–H and O–H groups in total. The van der Waals surface area contributed by atoms with Crippen LogP contribution in [-0.2, 0) is 0 Å². The summed E-state index contributed by atoms with van der Waals surface area (Å²) in [5.74, 6) is 0.512. The maximum absolute atomic E-state index is 5.78. The molecule has 0 aliphatic rings. The largest absolute Gasteiger partial charge is 0.423 e. The van der Waals surface area contributed by atoms with Crippen molar-refractivity contribution in [2.75, 3.05) is 0 Å². The molecular weight excluding hydrogens is 224 g/mol. The molecule has 0 saturated carbocycles. The monoisotopic (exact) mass is 240 g/mol. The van der Waals surface area contributed by atoms with Gasteiger partial charge in [-0.3, -0.25) is 4.57 Å². The Hall–Kier alpha value is -2.03. The second-order valence-electron chi connectivity index (χ2n) is 4.97. The van der Waals surface area contributed by atoms with Gasteiger partial charge in [0.1, 0.15) is 5.52 Å². The normalized spacial score (nSPS) is 11.6. The minimum atomic E-state index is 0.512. The summed E-state index contributed by atoms with van der Waals surface area (Å²) in [5.41, 5.74) is 4.20. The van der Waals surface area contributed by atoms with E-state index < -0.39 is 0 Å². The molecule has 2 heterocycles. The van der Waals surface area contributed by atoms with Gasteiger partial charge in [0.15, 0.2) is 5.58 Å². The van der Waals surface area contributed by atoms with Crippen LogP contribution in [0.1, 0.15) is 30.9 Å². The highest BCUT2D eigenvalue weighted by Gasteiger charge is 2.09. The molecule has 0 atom stereocenters. The Bertz CT molecular complexity index is 691. The highest BCUT2D eigenvalue weighted by Crippen LogP contribution is 2.22. The van der Waals surface area contributed by atoms with Crippen LogP contribution in [0.3, 0.4) is 0 Å². The summed E-state index contributed by atoms with van der Waals surface area (Å²) in [6.45, 7) is 6.40. The van der Waals surface area contributed by atoms with Crippen LogP contribution >= 0.6 is 0 Å². The highest BCUT2D eigenvalue weighted by atomic mass is 16.4. The zero-order valence-electron chi connectivity index (χ0n) is 10.8. The van der Waals surface area contributed by atoms with Crippen molar-refractivity contribution in [2.45, 2.75) is 26.7 Å². The van der Waals surface area contributed by atoms with Crippen LogP contribution in [0.4, 0.5) is 0 Å². The van der Waals surface area contributed by atoms with E-state index >= 15 is 0 Å². The van der Waals surface area contributed by atoms with Crippen molar-refractivity contribution in [1.82, 2.24) is 9.55 Å². The van der Waals surface area contributed by atoms with Crippen molar-refractivity contribution in [1.29, 1.82) is 0 Å². The smallest absolute Gasteiger partial charge is 0.306 e. The van der Waals surface area contributed by atoms with E-state index in [1.807, 2.05) is 35.9 Å². The molecule has 3 aromatic rings. The van der Waals surface area contributed by atoms with Gasteiger partial charge in [0.25, 0.3) is 0 Å².